The van der Waals surface area contributed by atoms with Gasteiger partial charge in [0, 0.05) is 6.54 Å². The molecular weight excluding hydrogens is 212 g/mol. The molecule has 0 radical (unpaired) electrons. The van der Waals surface area contributed by atoms with E-state index in [0.717, 1.165) is 0 Å². The first-order chi connectivity index (χ1) is 6.97. The number of nitro groups is 1. The lowest BCUT2D eigenvalue weighted by molar-refractivity contribution is -0.386. The van der Waals surface area contributed by atoms with Gasteiger partial charge in [-0.3, -0.25) is 10.1 Å². The van der Waals surface area contributed by atoms with E-state index < -0.39 is 28.5 Å². The summed E-state index contributed by atoms with van der Waals surface area (Å²) in [6.45, 7) is -0.351. The molecule has 0 aromatic carbocycles. The SMILES string of the molecule is NCc1nc(C(F)F)c(O)cc1[N+](=O)[O-]. The van der Waals surface area contributed by atoms with Crippen LogP contribution < -0.4 is 5.73 Å². The van der Waals surface area contributed by atoms with Crippen molar-refractivity contribution in [1.29, 1.82) is 0 Å². The van der Waals surface area contributed by atoms with E-state index in [1.54, 1.807) is 0 Å². The molecule has 0 saturated carbocycles. The van der Waals surface area contributed by atoms with E-state index in [4.69, 9.17) is 10.8 Å². The van der Waals surface area contributed by atoms with Gasteiger partial charge in [0.05, 0.1) is 11.0 Å². The van der Waals surface area contributed by atoms with Crippen LogP contribution in [-0.4, -0.2) is 15.0 Å². The fourth-order valence-electron chi connectivity index (χ4n) is 1.02. The molecule has 1 heterocycles. The molecule has 0 atom stereocenters. The quantitative estimate of drug-likeness (QED) is 0.585. The molecular formula is C7H7F2N3O3. The van der Waals surface area contributed by atoms with Crippen LogP contribution >= 0.6 is 0 Å². The Hall–Kier alpha value is -1.83. The number of nitrogens with zero attached hydrogens (tertiary/aromatic N) is 2. The summed E-state index contributed by atoms with van der Waals surface area (Å²) in [5.41, 5.74) is 3.36. The topological polar surface area (TPSA) is 102 Å². The van der Waals surface area contributed by atoms with Crippen LogP contribution in [0.25, 0.3) is 0 Å². The predicted octanol–water partition coefficient (Wildman–Crippen LogP) is 1.09. The lowest BCUT2D eigenvalue weighted by Gasteiger charge is -2.05. The summed E-state index contributed by atoms with van der Waals surface area (Å²) in [5.74, 6) is -0.908. The van der Waals surface area contributed by atoms with E-state index in [1.165, 1.54) is 0 Å². The molecule has 0 bridgehead atoms. The summed E-state index contributed by atoms with van der Waals surface area (Å²) in [5, 5.41) is 19.5. The summed E-state index contributed by atoms with van der Waals surface area (Å²) in [4.78, 5) is 12.8. The Bertz CT molecular complexity index is 397. The highest BCUT2D eigenvalue weighted by atomic mass is 19.3. The third-order valence-corrected chi connectivity index (χ3v) is 1.68. The van der Waals surface area contributed by atoms with Gasteiger partial charge in [-0.05, 0) is 0 Å². The molecule has 1 aromatic heterocycles. The lowest BCUT2D eigenvalue weighted by Crippen LogP contribution is -2.07. The van der Waals surface area contributed by atoms with Crippen LogP contribution in [0.5, 0.6) is 5.75 Å². The summed E-state index contributed by atoms with van der Waals surface area (Å²) >= 11 is 0. The molecule has 0 fully saturated rings. The van der Waals surface area contributed by atoms with Crippen LogP contribution in [0.1, 0.15) is 17.8 Å². The van der Waals surface area contributed by atoms with Crippen molar-refractivity contribution in [3.63, 3.8) is 0 Å². The third kappa shape index (κ3) is 2.15. The molecule has 1 aromatic rings. The zero-order chi connectivity index (χ0) is 11.6. The maximum absolute atomic E-state index is 12.2. The first-order valence-corrected chi connectivity index (χ1v) is 3.82. The highest BCUT2D eigenvalue weighted by molar-refractivity contribution is 5.44. The molecule has 0 aliphatic heterocycles. The zero-order valence-corrected chi connectivity index (χ0v) is 7.35. The molecule has 82 valence electrons. The van der Waals surface area contributed by atoms with E-state index in [-0.39, 0.29) is 12.2 Å². The van der Waals surface area contributed by atoms with Gasteiger partial charge in [0.2, 0.25) is 0 Å². The van der Waals surface area contributed by atoms with Gasteiger partial charge in [-0.1, -0.05) is 0 Å². The minimum atomic E-state index is -3.00. The molecule has 0 unspecified atom stereocenters. The molecule has 0 spiro atoms. The van der Waals surface area contributed by atoms with Crippen molar-refractivity contribution in [1.82, 2.24) is 4.98 Å². The molecule has 6 nitrogen and oxygen atoms in total. The predicted molar refractivity (Wildman–Crippen MR) is 45.4 cm³/mol. The summed E-state index contributed by atoms with van der Waals surface area (Å²) in [6.07, 6.45) is -3.00. The van der Waals surface area contributed by atoms with Crippen LogP contribution in [0.15, 0.2) is 6.07 Å². The maximum atomic E-state index is 12.2. The number of halogens is 2. The number of hydrogen-bond donors (Lipinski definition) is 2. The van der Waals surface area contributed by atoms with Gasteiger partial charge in [0.25, 0.3) is 12.1 Å². The van der Waals surface area contributed by atoms with Crippen LogP contribution in [0, 0.1) is 10.1 Å². The van der Waals surface area contributed by atoms with Gasteiger partial charge in [0.1, 0.15) is 17.1 Å². The van der Waals surface area contributed by atoms with Gasteiger partial charge in [-0.25, -0.2) is 13.8 Å². The fraction of sp³-hybridized carbons (Fsp3) is 0.286. The van der Waals surface area contributed by atoms with Gasteiger partial charge < -0.3 is 10.8 Å². The second-order valence-corrected chi connectivity index (χ2v) is 2.62. The van der Waals surface area contributed by atoms with Crippen molar-refractivity contribution in [2.45, 2.75) is 13.0 Å². The van der Waals surface area contributed by atoms with Crippen LogP contribution in [0.2, 0.25) is 0 Å². The molecule has 1 rings (SSSR count). The molecule has 8 heteroatoms. The van der Waals surface area contributed by atoms with Crippen LogP contribution in [-0.2, 0) is 6.54 Å². The Balaban J connectivity index is 3.35. The van der Waals surface area contributed by atoms with Gasteiger partial charge in [-0.15, -0.1) is 0 Å². The van der Waals surface area contributed by atoms with E-state index in [0.29, 0.717) is 6.07 Å². The number of nitrogens with two attached hydrogens (primary N) is 1. The summed E-state index contributed by atoms with van der Waals surface area (Å²) in [6, 6.07) is 0.622. The van der Waals surface area contributed by atoms with Gasteiger partial charge in [-0.2, -0.15) is 0 Å². The zero-order valence-electron chi connectivity index (χ0n) is 7.35. The number of aromatic nitrogens is 1. The van der Waals surface area contributed by atoms with Crippen molar-refractivity contribution < 1.29 is 18.8 Å². The highest BCUT2D eigenvalue weighted by Crippen LogP contribution is 2.31. The van der Waals surface area contributed by atoms with Crippen molar-refractivity contribution in [2.75, 3.05) is 0 Å². The molecule has 0 aliphatic rings. The second-order valence-electron chi connectivity index (χ2n) is 2.62. The van der Waals surface area contributed by atoms with E-state index in [2.05, 4.69) is 4.98 Å². The molecule has 3 N–H and O–H groups in total. The van der Waals surface area contributed by atoms with Crippen LogP contribution in [0.4, 0.5) is 14.5 Å². The largest absolute Gasteiger partial charge is 0.506 e. The van der Waals surface area contributed by atoms with E-state index in [9.17, 15) is 18.9 Å². The first-order valence-electron chi connectivity index (χ1n) is 3.82. The fourth-order valence-corrected chi connectivity index (χ4v) is 1.02. The van der Waals surface area contributed by atoms with E-state index in [1.807, 2.05) is 0 Å². The number of alkyl halides is 2. The van der Waals surface area contributed by atoms with E-state index >= 15 is 0 Å². The minimum Gasteiger partial charge on any atom is -0.506 e. The normalized spacial score (nSPS) is 10.7. The minimum absolute atomic E-state index is 0.284. The Kier molecular flexibility index (Phi) is 3.10. The molecule has 15 heavy (non-hydrogen) atoms. The second kappa shape index (κ2) is 4.13. The maximum Gasteiger partial charge on any atom is 0.295 e. The molecule has 0 amide bonds. The number of rotatable bonds is 3. The average Bonchev–Trinajstić information content (AvgIpc) is 2.16. The Labute approximate surface area is 82.5 Å². The van der Waals surface area contributed by atoms with Crippen molar-refractivity contribution in [3.05, 3.63) is 27.6 Å². The van der Waals surface area contributed by atoms with Crippen molar-refractivity contribution in [3.8, 4) is 5.75 Å². The monoisotopic (exact) mass is 219 g/mol. The Morgan fingerprint density at radius 1 is 1.67 bits per heavy atom. The highest BCUT2D eigenvalue weighted by Gasteiger charge is 2.23. The third-order valence-electron chi connectivity index (χ3n) is 1.68. The number of aromatic hydroxyl groups is 1. The number of hydrogen-bond acceptors (Lipinski definition) is 5. The average molecular weight is 219 g/mol. The summed E-state index contributed by atoms with van der Waals surface area (Å²) < 4.78 is 24.5. The number of pyridine rings is 1. The molecule has 0 aliphatic carbocycles. The first kappa shape index (κ1) is 11.2. The standard InChI is InChI=1S/C7H7F2N3O3/c8-7(9)6-5(13)1-4(12(14)15)3(2-10)11-6/h1,7,13H,2,10H2. The van der Waals surface area contributed by atoms with Gasteiger partial charge >= 0.3 is 0 Å². The Morgan fingerprint density at radius 2 is 2.27 bits per heavy atom. The Morgan fingerprint density at radius 3 is 2.67 bits per heavy atom. The van der Waals surface area contributed by atoms with Gasteiger partial charge in [0.15, 0.2) is 0 Å². The van der Waals surface area contributed by atoms with Crippen molar-refractivity contribution in [2.24, 2.45) is 5.73 Å². The smallest absolute Gasteiger partial charge is 0.295 e. The lowest BCUT2D eigenvalue weighted by atomic mass is 10.2. The van der Waals surface area contributed by atoms with Crippen LogP contribution in [0.3, 0.4) is 0 Å². The summed E-state index contributed by atoms with van der Waals surface area (Å²) in [7, 11) is 0. The van der Waals surface area contributed by atoms with Crippen molar-refractivity contribution >= 4 is 5.69 Å². The molecule has 0 saturated heterocycles.